The lowest BCUT2D eigenvalue weighted by atomic mass is 10.0. The van der Waals surface area contributed by atoms with Gasteiger partial charge in [0.05, 0.1) is 0 Å². The average molecular weight is 338 g/mol. The fourth-order valence-corrected chi connectivity index (χ4v) is 3.08. The van der Waals surface area contributed by atoms with Crippen molar-refractivity contribution in [1.29, 1.82) is 0 Å². The van der Waals surface area contributed by atoms with Gasteiger partial charge in [-0.15, -0.1) is 0 Å². The van der Waals surface area contributed by atoms with Gasteiger partial charge in [0, 0.05) is 0 Å². The van der Waals surface area contributed by atoms with Crippen LogP contribution in [0.5, 0.6) is 0 Å². The summed E-state index contributed by atoms with van der Waals surface area (Å²) in [7, 11) is 0. The first-order valence-electron chi connectivity index (χ1n) is 8.55. The molecular formula is C24H18O2. The standard InChI is InChI=1S/C24H18O2/c25-23(21-11-9-17-5-1-3-7-19(17)15-21)13-14-24(26)22-12-10-18-6-2-4-8-20(18)16-22/h1-12,15-16,23-26H. The van der Waals surface area contributed by atoms with E-state index in [0.717, 1.165) is 32.7 Å². The van der Waals surface area contributed by atoms with E-state index in [1.165, 1.54) is 0 Å². The maximum Gasteiger partial charge on any atom is 0.140 e. The maximum absolute atomic E-state index is 10.4. The van der Waals surface area contributed by atoms with Crippen LogP contribution in [0.4, 0.5) is 0 Å². The Bertz CT molecular complexity index is 1050. The molecule has 0 bridgehead atoms. The van der Waals surface area contributed by atoms with Crippen LogP contribution in [-0.4, -0.2) is 10.2 Å². The van der Waals surface area contributed by atoms with Gasteiger partial charge < -0.3 is 10.2 Å². The molecule has 0 aromatic heterocycles. The molecule has 2 heteroatoms. The zero-order valence-electron chi connectivity index (χ0n) is 14.1. The van der Waals surface area contributed by atoms with Gasteiger partial charge in [0.1, 0.15) is 12.2 Å². The van der Waals surface area contributed by atoms with Crippen LogP contribution in [0.1, 0.15) is 23.3 Å². The molecule has 4 aromatic carbocycles. The first kappa shape index (κ1) is 16.4. The molecule has 0 spiro atoms. The van der Waals surface area contributed by atoms with Crippen molar-refractivity contribution in [2.75, 3.05) is 0 Å². The van der Waals surface area contributed by atoms with Crippen molar-refractivity contribution in [3.05, 3.63) is 96.1 Å². The number of rotatable bonds is 2. The summed E-state index contributed by atoms with van der Waals surface area (Å²) in [5.41, 5.74) is 1.45. The second-order valence-electron chi connectivity index (χ2n) is 6.31. The highest BCUT2D eigenvalue weighted by atomic mass is 16.3. The third kappa shape index (κ3) is 3.32. The third-order valence-electron chi connectivity index (χ3n) is 4.54. The quantitative estimate of drug-likeness (QED) is 0.517. The highest BCUT2D eigenvalue weighted by molar-refractivity contribution is 5.84. The van der Waals surface area contributed by atoms with Gasteiger partial charge in [-0.25, -0.2) is 0 Å². The van der Waals surface area contributed by atoms with Crippen LogP contribution in [0.25, 0.3) is 21.5 Å². The SMILES string of the molecule is OC(C#CC(O)c1ccc2ccccc2c1)c1ccc2ccccc2c1. The summed E-state index contributed by atoms with van der Waals surface area (Å²) in [5, 5.41) is 25.1. The molecule has 0 fully saturated rings. The van der Waals surface area contributed by atoms with Gasteiger partial charge in [-0.2, -0.15) is 0 Å². The number of hydrogen-bond acceptors (Lipinski definition) is 2. The van der Waals surface area contributed by atoms with E-state index in [4.69, 9.17) is 0 Å². The molecule has 0 aliphatic heterocycles. The topological polar surface area (TPSA) is 40.5 Å². The molecule has 2 nitrogen and oxygen atoms in total. The number of hydrogen-bond donors (Lipinski definition) is 2. The van der Waals surface area contributed by atoms with E-state index in [2.05, 4.69) is 11.8 Å². The lowest BCUT2D eigenvalue weighted by molar-refractivity contribution is 0.227. The number of aliphatic hydroxyl groups is 2. The summed E-state index contributed by atoms with van der Waals surface area (Å²) in [5.74, 6) is 5.53. The van der Waals surface area contributed by atoms with Crippen molar-refractivity contribution < 1.29 is 10.2 Å². The van der Waals surface area contributed by atoms with E-state index in [1.807, 2.05) is 84.9 Å². The molecule has 4 rings (SSSR count). The van der Waals surface area contributed by atoms with E-state index >= 15 is 0 Å². The van der Waals surface area contributed by atoms with Gasteiger partial charge in [-0.1, -0.05) is 84.6 Å². The van der Waals surface area contributed by atoms with Gasteiger partial charge in [0.25, 0.3) is 0 Å². The fourth-order valence-electron chi connectivity index (χ4n) is 3.08. The van der Waals surface area contributed by atoms with Crippen molar-refractivity contribution in [2.24, 2.45) is 0 Å². The Morgan fingerprint density at radius 1 is 0.500 bits per heavy atom. The van der Waals surface area contributed by atoms with Crippen LogP contribution in [-0.2, 0) is 0 Å². The number of fused-ring (bicyclic) bond motifs is 2. The van der Waals surface area contributed by atoms with Crippen molar-refractivity contribution in [2.45, 2.75) is 12.2 Å². The summed E-state index contributed by atoms with van der Waals surface area (Å²) in [4.78, 5) is 0. The molecule has 2 atom stereocenters. The summed E-state index contributed by atoms with van der Waals surface area (Å²) >= 11 is 0. The van der Waals surface area contributed by atoms with Gasteiger partial charge in [-0.3, -0.25) is 0 Å². The Balaban J connectivity index is 1.58. The van der Waals surface area contributed by atoms with Crippen molar-refractivity contribution in [3.8, 4) is 11.8 Å². The lowest BCUT2D eigenvalue weighted by Crippen LogP contribution is -1.97. The monoisotopic (exact) mass is 338 g/mol. The van der Waals surface area contributed by atoms with Crippen molar-refractivity contribution in [1.82, 2.24) is 0 Å². The summed E-state index contributed by atoms with van der Waals surface area (Å²) in [6.07, 6.45) is -1.87. The predicted octanol–water partition coefficient (Wildman–Crippen LogP) is 4.76. The lowest BCUT2D eigenvalue weighted by Gasteiger charge is -2.08. The van der Waals surface area contributed by atoms with E-state index in [1.54, 1.807) is 0 Å². The van der Waals surface area contributed by atoms with E-state index in [9.17, 15) is 10.2 Å². The zero-order valence-corrected chi connectivity index (χ0v) is 14.1. The second-order valence-corrected chi connectivity index (χ2v) is 6.31. The Kier molecular flexibility index (Phi) is 4.41. The van der Waals surface area contributed by atoms with Crippen LogP contribution in [0.15, 0.2) is 84.9 Å². The number of benzene rings is 4. The minimum Gasteiger partial charge on any atom is -0.376 e. The molecular weight excluding hydrogens is 320 g/mol. The molecule has 2 unspecified atom stereocenters. The molecule has 0 heterocycles. The number of aliphatic hydroxyl groups excluding tert-OH is 2. The van der Waals surface area contributed by atoms with Gasteiger partial charge in [0.15, 0.2) is 0 Å². The van der Waals surface area contributed by atoms with Crippen LogP contribution >= 0.6 is 0 Å². The first-order chi connectivity index (χ1) is 12.7. The van der Waals surface area contributed by atoms with Gasteiger partial charge in [-0.05, 0) is 44.8 Å². The molecule has 0 amide bonds. The van der Waals surface area contributed by atoms with E-state index in [-0.39, 0.29) is 0 Å². The first-order valence-corrected chi connectivity index (χ1v) is 8.55. The van der Waals surface area contributed by atoms with Crippen molar-refractivity contribution >= 4 is 21.5 Å². The smallest absolute Gasteiger partial charge is 0.140 e. The zero-order chi connectivity index (χ0) is 17.9. The molecule has 4 aromatic rings. The highest BCUT2D eigenvalue weighted by Gasteiger charge is 2.07. The molecule has 126 valence electrons. The molecule has 0 saturated carbocycles. The predicted molar refractivity (Wildman–Crippen MR) is 106 cm³/mol. The third-order valence-corrected chi connectivity index (χ3v) is 4.54. The molecule has 26 heavy (non-hydrogen) atoms. The summed E-state index contributed by atoms with van der Waals surface area (Å²) in [6, 6.07) is 27.5. The molecule has 2 N–H and O–H groups in total. The minimum atomic E-state index is -0.935. The Labute approximate surface area is 152 Å². The maximum atomic E-state index is 10.4. The van der Waals surface area contributed by atoms with E-state index < -0.39 is 12.2 Å². The molecule has 0 aliphatic carbocycles. The minimum absolute atomic E-state index is 0.724. The van der Waals surface area contributed by atoms with Crippen molar-refractivity contribution in [3.63, 3.8) is 0 Å². The average Bonchev–Trinajstić information content (AvgIpc) is 2.71. The Morgan fingerprint density at radius 2 is 0.885 bits per heavy atom. The molecule has 0 aliphatic rings. The largest absolute Gasteiger partial charge is 0.376 e. The molecule has 0 radical (unpaired) electrons. The van der Waals surface area contributed by atoms with Gasteiger partial charge in [0.2, 0.25) is 0 Å². The van der Waals surface area contributed by atoms with Crippen LogP contribution in [0.2, 0.25) is 0 Å². The van der Waals surface area contributed by atoms with Crippen LogP contribution < -0.4 is 0 Å². The Morgan fingerprint density at radius 3 is 1.31 bits per heavy atom. The summed E-state index contributed by atoms with van der Waals surface area (Å²) < 4.78 is 0. The summed E-state index contributed by atoms with van der Waals surface area (Å²) in [6.45, 7) is 0. The Hall–Kier alpha value is -3.12. The normalized spacial score (nSPS) is 13.2. The highest BCUT2D eigenvalue weighted by Crippen LogP contribution is 2.22. The van der Waals surface area contributed by atoms with Gasteiger partial charge >= 0.3 is 0 Å². The van der Waals surface area contributed by atoms with E-state index in [0.29, 0.717) is 0 Å². The van der Waals surface area contributed by atoms with Crippen LogP contribution in [0.3, 0.4) is 0 Å². The van der Waals surface area contributed by atoms with Crippen LogP contribution in [0, 0.1) is 11.8 Å². The fraction of sp³-hybridized carbons (Fsp3) is 0.0833. The molecule has 0 saturated heterocycles. The second kappa shape index (κ2) is 7.01.